The average Bonchev–Trinajstić information content (AvgIpc) is 2.06. The molecule has 1 aliphatic carbocycles. The Bertz CT molecular complexity index is 194. The summed E-state index contributed by atoms with van der Waals surface area (Å²) in [6, 6.07) is 0.527. The molecule has 1 rings (SSSR count). The summed E-state index contributed by atoms with van der Waals surface area (Å²) >= 11 is 0. The molecular weight excluding hydrogens is 150 g/mol. The molecule has 66 valence electrons. The number of Topliss-reactive ketones (excluding diaryl/α,β-unsaturated/α-hetero) is 1. The number of terminal acetylenes is 1. The summed E-state index contributed by atoms with van der Waals surface area (Å²) in [7, 11) is 2.03. The highest BCUT2D eigenvalue weighted by atomic mass is 16.1. The minimum atomic E-state index is 0.403. The van der Waals surface area contributed by atoms with Crippen molar-refractivity contribution in [2.45, 2.75) is 31.7 Å². The van der Waals surface area contributed by atoms with Gasteiger partial charge in [-0.3, -0.25) is 9.69 Å². The third-order valence-electron chi connectivity index (χ3n) is 2.48. The van der Waals surface area contributed by atoms with Crippen molar-refractivity contribution in [3.63, 3.8) is 0 Å². The van der Waals surface area contributed by atoms with E-state index in [1.807, 2.05) is 7.05 Å². The van der Waals surface area contributed by atoms with Crippen molar-refractivity contribution in [1.82, 2.24) is 4.90 Å². The lowest BCUT2D eigenvalue weighted by Gasteiger charge is -2.28. The number of nitrogens with zero attached hydrogens (tertiary/aromatic N) is 1. The fourth-order valence-electron chi connectivity index (χ4n) is 1.64. The molecule has 0 unspecified atom stereocenters. The second kappa shape index (κ2) is 4.27. The van der Waals surface area contributed by atoms with Crippen molar-refractivity contribution in [1.29, 1.82) is 0 Å². The predicted molar refractivity (Wildman–Crippen MR) is 48.7 cm³/mol. The van der Waals surface area contributed by atoms with Crippen LogP contribution in [0.15, 0.2) is 0 Å². The van der Waals surface area contributed by atoms with Gasteiger partial charge >= 0.3 is 0 Å². The lowest BCUT2D eigenvalue weighted by atomic mass is 9.93. The van der Waals surface area contributed by atoms with Crippen molar-refractivity contribution in [3.05, 3.63) is 0 Å². The van der Waals surface area contributed by atoms with Crippen LogP contribution in [0.4, 0.5) is 0 Å². The lowest BCUT2D eigenvalue weighted by molar-refractivity contribution is -0.121. The van der Waals surface area contributed by atoms with Gasteiger partial charge in [-0.15, -0.1) is 6.42 Å². The summed E-state index contributed by atoms with van der Waals surface area (Å²) in [6.07, 6.45) is 8.64. The fourth-order valence-corrected chi connectivity index (χ4v) is 1.64. The minimum absolute atomic E-state index is 0.403. The van der Waals surface area contributed by atoms with Crippen molar-refractivity contribution < 1.29 is 4.79 Å². The molecule has 1 fully saturated rings. The van der Waals surface area contributed by atoms with Gasteiger partial charge in [0.2, 0.25) is 0 Å². The molecule has 0 spiro atoms. The number of carbonyl (C=O) groups is 1. The van der Waals surface area contributed by atoms with E-state index in [4.69, 9.17) is 6.42 Å². The second-order valence-electron chi connectivity index (χ2n) is 3.39. The lowest BCUT2D eigenvalue weighted by Crippen LogP contribution is -2.35. The van der Waals surface area contributed by atoms with E-state index in [9.17, 15) is 4.79 Å². The topological polar surface area (TPSA) is 20.3 Å². The Morgan fingerprint density at radius 3 is 2.67 bits per heavy atom. The Morgan fingerprint density at radius 1 is 1.58 bits per heavy atom. The van der Waals surface area contributed by atoms with E-state index in [1.165, 1.54) is 0 Å². The molecule has 0 N–H and O–H groups in total. The maximum atomic E-state index is 10.9. The van der Waals surface area contributed by atoms with Crippen LogP contribution in [0.25, 0.3) is 0 Å². The van der Waals surface area contributed by atoms with Crippen LogP contribution < -0.4 is 0 Å². The quantitative estimate of drug-likeness (QED) is 0.570. The number of rotatable bonds is 2. The summed E-state index contributed by atoms with van der Waals surface area (Å²) in [5.41, 5.74) is 0. The molecule has 0 aliphatic heterocycles. The molecule has 0 aromatic rings. The van der Waals surface area contributed by atoms with Gasteiger partial charge in [0, 0.05) is 18.9 Å². The number of hydrogen-bond donors (Lipinski definition) is 0. The largest absolute Gasteiger partial charge is 0.300 e. The van der Waals surface area contributed by atoms with Crippen molar-refractivity contribution in [2.24, 2.45) is 0 Å². The van der Waals surface area contributed by atoms with Gasteiger partial charge in [0.25, 0.3) is 0 Å². The second-order valence-corrected chi connectivity index (χ2v) is 3.39. The third kappa shape index (κ3) is 2.35. The molecule has 0 aromatic heterocycles. The molecule has 0 bridgehead atoms. The summed E-state index contributed by atoms with van der Waals surface area (Å²) in [5.74, 6) is 3.02. The molecule has 0 radical (unpaired) electrons. The van der Waals surface area contributed by atoms with Gasteiger partial charge in [0.05, 0.1) is 6.54 Å². The first kappa shape index (κ1) is 9.28. The molecule has 1 saturated carbocycles. The molecule has 0 aromatic carbocycles. The van der Waals surface area contributed by atoms with Crippen LogP contribution >= 0.6 is 0 Å². The highest BCUT2D eigenvalue weighted by molar-refractivity contribution is 5.79. The van der Waals surface area contributed by atoms with Crippen LogP contribution in [0.2, 0.25) is 0 Å². The average molecular weight is 165 g/mol. The highest BCUT2D eigenvalue weighted by Crippen LogP contribution is 2.18. The smallest absolute Gasteiger partial charge is 0.133 e. The molecule has 1 aliphatic rings. The van der Waals surface area contributed by atoms with Crippen LogP contribution in [-0.2, 0) is 4.79 Å². The zero-order valence-electron chi connectivity index (χ0n) is 7.55. The molecule has 12 heavy (non-hydrogen) atoms. The van der Waals surface area contributed by atoms with Crippen molar-refractivity contribution in [3.8, 4) is 12.3 Å². The van der Waals surface area contributed by atoms with Gasteiger partial charge in [-0.2, -0.15) is 0 Å². The van der Waals surface area contributed by atoms with Crippen molar-refractivity contribution >= 4 is 5.78 Å². The van der Waals surface area contributed by atoms with Gasteiger partial charge < -0.3 is 0 Å². The Morgan fingerprint density at radius 2 is 2.17 bits per heavy atom. The highest BCUT2D eigenvalue weighted by Gasteiger charge is 2.21. The van der Waals surface area contributed by atoms with Gasteiger partial charge in [0.1, 0.15) is 5.78 Å². The Hall–Kier alpha value is -0.810. The normalized spacial score (nSPS) is 19.6. The SMILES string of the molecule is C#CCN(C)C1CCC(=O)CC1. The molecule has 0 heterocycles. The molecule has 2 heteroatoms. The maximum absolute atomic E-state index is 10.9. The molecule has 2 nitrogen and oxygen atoms in total. The molecule has 0 saturated heterocycles. The van der Waals surface area contributed by atoms with Crippen LogP contribution in [-0.4, -0.2) is 30.3 Å². The summed E-state index contributed by atoms with van der Waals surface area (Å²) < 4.78 is 0. The third-order valence-corrected chi connectivity index (χ3v) is 2.48. The monoisotopic (exact) mass is 165 g/mol. The van der Waals surface area contributed by atoms with Gasteiger partial charge in [-0.25, -0.2) is 0 Å². The fraction of sp³-hybridized carbons (Fsp3) is 0.700. The standard InChI is InChI=1S/C10H15NO/c1-3-8-11(2)9-4-6-10(12)7-5-9/h1,9H,4-8H2,2H3. The van der Waals surface area contributed by atoms with E-state index in [0.29, 0.717) is 18.4 Å². The van der Waals surface area contributed by atoms with E-state index in [2.05, 4.69) is 10.8 Å². The Labute approximate surface area is 73.9 Å². The number of hydrogen-bond acceptors (Lipinski definition) is 2. The van der Waals surface area contributed by atoms with Crippen LogP contribution in [0.3, 0.4) is 0 Å². The first-order chi connectivity index (χ1) is 5.74. The Kier molecular flexibility index (Phi) is 3.31. The van der Waals surface area contributed by atoms with Crippen molar-refractivity contribution in [2.75, 3.05) is 13.6 Å². The van der Waals surface area contributed by atoms with E-state index in [1.54, 1.807) is 0 Å². The van der Waals surface area contributed by atoms with Crippen LogP contribution in [0.5, 0.6) is 0 Å². The molecule has 0 atom stereocenters. The summed E-state index contributed by atoms with van der Waals surface area (Å²) in [6.45, 7) is 0.693. The zero-order valence-corrected chi connectivity index (χ0v) is 7.55. The molecular formula is C10H15NO. The maximum Gasteiger partial charge on any atom is 0.133 e. The first-order valence-corrected chi connectivity index (χ1v) is 4.39. The van der Waals surface area contributed by atoms with E-state index in [-0.39, 0.29) is 0 Å². The van der Waals surface area contributed by atoms with E-state index < -0.39 is 0 Å². The summed E-state index contributed by atoms with van der Waals surface area (Å²) in [4.78, 5) is 13.1. The Balaban J connectivity index is 2.34. The van der Waals surface area contributed by atoms with Crippen LogP contribution in [0, 0.1) is 12.3 Å². The van der Waals surface area contributed by atoms with Gasteiger partial charge in [0.15, 0.2) is 0 Å². The first-order valence-electron chi connectivity index (χ1n) is 4.39. The summed E-state index contributed by atoms with van der Waals surface area (Å²) in [5, 5.41) is 0. The molecule has 0 amide bonds. The van der Waals surface area contributed by atoms with Crippen LogP contribution in [0.1, 0.15) is 25.7 Å². The number of carbonyl (C=O) groups excluding carboxylic acids is 1. The van der Waals surface area contributed by atoms with Gasteiger partial charge in [-0.1, -0.05) is 5.92 Å². The minimum Gasteiger partial charge on any atom is -0.300 e. The zero-order chi connectivity index (χ0) is 8.97. The van der Waals surface area contributed by atoms with E-state index in [0.717, 1.165) is 25.7 Å². The van der Waals surface area contributed by atoms with Gasteiger partial charge in [-0.05, 0) is 19.9 Å². The van der Waals surface area contributed by atoms with E-state index >= 15 is 0 Å². The predicted octanol–water partition coefficient (Wildman–Crippen LogP) is 1.06. The number of ketones is 1.